The maximum atomic E-state index is 11.7. The summed E-state index contributed by atoms with van der Waals surface area (Å²) in [6.45, 7) is 10.1. The molecule has 0 spiro atoms. The molecule has 0 saturated carbocycles. The molecule has 3 rings (SSSR count). The van der Waals surface area contributed by atoms with E-state index in [1.54, 1.807) is 0 Å². The third-order valence-electron chi connectivity index (χ3n) is 4.67. The standard InChI is InChI=1S/C15H20BNO3/c1-9-6-7-11(10-8-12(18)17-13(9)10)16-19-14(2,3)15(4,5)20-16/h6-7H,8H2,1-5H3,(H,17,18). The van der Waals surface area contributed by atoms with Crippen LogP contribution in [0, 0.1) is 6.92 Å². The van der Waals surface area contributed by atoms with E-state index in [0.29, 0.717) is 6.42 Å². The zero-order valence-corrected chi connectivity index (χ0v) is 12.7. The largest absolute Gasteiger partial charge is 0.495 e. The lowest BCUT2D eigenvalue weighted by molar-refractivity contribution is -0.115. The predicted molar refractivity (Wildman–Crippen MR) is 79.2 cm³/mol. The van der Waals surface area contributed by atoms with E-state index < -0.39 is 7.12 Å². The average molecular weight is 273 g/mol. The fourth-order valence-electron chi connectivity index (χ4n) is 2.68. The van der Waals surface area contributed by atoms with Gasteiger partial charge in [0, 0.05) is 5.69 Å². The Bertz CT molecular complexity index is 579. The summed E-state index contributed by atoms with van der Waals surface area (Å²) in [6.07, 6.45) is 0.399. The summed E-state index contributed by atoms with van der Waals surface area (Å²) in [6, 6.07) is 4.02. The van der Waals surface area contributed by atoms with Crippen LogP contribution < -0.4 is 10.8 Å². The summed E-state index contributed by atoms with van der Waals surface area (Å²) in [4.78, 5) is 11.7. The van der Waals surface area contributed by atoms with Crippen LogP contribution in [0.15, 0.2) is 12.1 Å². The van der Waals surface area contributed by atoms with E-state index >= 15 is 0 Å². The third-order valence-corrected chi connectivity index (χ3v) is 4.67. The molecular weight excluding hydrogens is 253 g/mol. The molecule has 1 aromatic carbocycles. The van der Waals surface area contributed by atoms with Crippen LogP contribution in [-0.2, 0) is 20.5 Å². The molecule has 0 atom stereocenters. The fourth-order valence-corrected chi connectivity index (χ4v) is 2.68. The molecule has 5 heteroatoms. The van der Waals surface area contributed by atoms with Crippen molar-refractivity contribution in [2.75, 3.05) is 5.32 Å². The van der Waals surface area contributed by atoms with Gasteiger partial charge in [-0.3, -0.25) is 4.79 Å². The van der Waals surface area contributed by atoms with Crippen molar-refractivity contribution in [1.29, 1.82) is 0 Å². The minimum atomic E-state index is -0.415. The first-order valence-electron chi connectivity index (χ1n) is 6.99. The summed E-state index contributed by atoms with van der Waals surface area (Å²) in [5, 5.41) is 2.92. The summed E-state index contributed by atoms with van der Waals surface area (Å²) < 4.78 is 12.2. The monoisotopic (exact) mass is 273 g/mol. The number of fused-ring (bicyclic) bond motifs is 1. The minimum Gasteiger partial charge on any atom is -0.399 e. The third kappa shape index (κ3) is 1.88. The van der Waals surface area contributed by atoms with Crippen molar-refractivity contribution >= 4 is 24.2 Å². The Hall–Kier alpha value is -1.33. The molecule has 1 amide bonds. The Morgan fingerprint density at radius 3 is 2.35 bits per heavy atom. The molecule has 0 aliphatic carbocycles. The van der Waals surface area contributed by atoms with Crippen LogP contribution in [0.2, 0.25) is 0 Å². The molecule has 0 radical (unpaired) electrons. The summed E-state index contributed by atoms with van der Waals surface area (Å²) in [5.74, 6) is 0.0343. The van der Waals surface area contributed by atoms with Gasteiger partial charge in [0.25, 0.3) is 0 Å². The first-order valence-corrected chi connectivity index (χ1v) is 6.99. The van der Waals surface area contributed by atoms with Crippen LogP contribution in [0.4, 0.5) is 5.69 Å². The first-order chi connectivity index (χ1) is 9.21. The van der Waals surface area contributed by atoms with Gasteiger partial charge in [0.05, 0.1) is 17.6 Å². The van der Waals surface area contributed by atoms with Gasteiger partial charge < -0.3 is 14.6 Å². The summed E-state index contributed by atoms with van der Waals surface area (Å²) in [7, 11) is -0.415. The van der Waals surface area contributed by atoms with Crippen molar-refractivity contribution < 1.29 is 14.1 Å². The van der Waals surface area contributed by atoms with E-state index in [2.05, 4.69) is 5.32 Å². The second-order valence-electron chi connectivity index (χ2n) is 6.64. The van der Waals surface area contributed by atoms with E-state index in [-0.39, 0.29) is 17.1 Å². The maximum Gasteiger partial charge on any atom is 0.495 e. The van der Waals surface area contributed by atoms with Crippen molar-refractivity contribution in [3.8, 4) is 0 Å². The number of carbonyl (C=O) groups excluding carboxylic acids is 1. The molecule has 0 aromatic heterocycles. The second kappa shape index (κ2) is 4.09. The van der Waals surface area contributed by atoms with Gasteiger partial charge >= 0.3 is 7.12 Å². The topological polar surface area (TPSA) is 47.6 Å². The van der Waals surface area contributed by atoms with Gasteiger partial charge in [-0.25, -0.2) is 0 Å². The highest BCUT2D eigenvalue weighted by atomic mass is 16.7. The van der Waals surface area contributed by atoms with Crippen LogP contribution in [0.3, 0.4) is 0 Å². The Kier molecular flexibility index (Phi) is 2.79. The Labute approximate surface area is 120 Å². The van der Waals surface area contributed by atoms with E-state index in [1.165, 1.54) is 0 Å². The van der Waals surface area contributed by atoms with E-state index in [4.69, 9.17) is 9.31 Å². The molecule has 1 fully saturated rings. The van der Waals surface area contributed by atoms with Crippen LogP contribution >= 0.6 is 0 Å². The number of hydrogen-bond donors (Lipinski definition) is 1. The zero-order chi connectivity index (χ0) is 14.7. The molecule has 20 heavy (non-hydrogen) atoms. The van der Waals surface area contributed by atoms with Crippen molar-refractivity contribution in [3.05, 3.63) is 23.3 Å². The van der Waals surface area contributed by atoms with Gasteiger partial charge in [-0.2, -0.15) is 0 Å². The van der Waals surface area contributed by atoms with Crippen LogP contribution in [0.1, 0.15) is 38.8 Å². The predicted octanol–water partition coefficient (Wildman–Crippen LogP) is 1.79. The number of amides is 1. The maximum absolute atomic E-state index is 11.7. The number of anilines is 1. The van der Waals surface area contributed by atoms with Gasteiger partial charge in [-0.05, 0) is 51.2 Å². The fraction of sp³-hybridized carbons (Fsp3) is 0.533. The molecule has 4 nitrogen and oxygen atoms in total. The Balaban J connectivity index is 2.02. The Morgan fingerprint density at radius 1 is 1.15 bits per heavy atom. The van der Waals surface area contributed by atoms with Crippen LogP contribution in [0.5, 0.6) is 0 Å². The van der Waals surface area contributed by atoms with Crippen LogP contribution in [0.25, 0.3) is 0 Å². The van der Waals surface area contributed by atoms with Crippen molar-refractivity contribution in [1.82, 2.24) is 0 Å². The van der Waals surface area contributed by atoms with Crippen molar-refractivity contribution in [2.24, 2.45) is 0 Å². The quantitative estimate of drug-likeness (QED) is 0.793. The smallest absolute Gasteiger partial charge is 0.399 e. The number of aryl methyl sites for hydroxylation is 1. The van der Waals surface area contributed by atoms with Gasteiger partial charge in [-0.15, -0.1) is 0 Å². The molecule has 1 N–H and O–H groups in total. The van der Waals surface area contributed by atoms with Gasteiger partial charge in [0.15, 0.2) is 0 Å². The molecule has 0 unspecified atom stereocenters. The number of carbonyl (C=O) groups is 1. The molecule has 2 heterocycles. The number of nitrogens with one attached hydrogen (secondary N) is 1. The summed E-state index contributed by atoms with van der Waals surface area (Å²) in [5.41, 5.74) is 3.22. The normalized spacial score (nSPS) is 22.9. The molecule has 1 aromatic rings. The highest BCUT2D eigenvalue weighted by molar-refractivity contribution is 6.63. The number of benzene rings is 1. The van der Waals surface area contributed by atoms with E-state index in [0.717, 1.165) is 22.3 Å². The molecule has 1 saturated heterocycles. The highest BCUT2D eigenvalue weighted by Crippen LogP contribution is 2.37. The molecule has 106 valence electrons. The lowest BCUT2D eigenvalue weighted by Crippen LogP contribution is -2.41. The lowest BCUT2D eigenvalue weighted by atomic mass is 9.74. The molecule has 2 aliphatic heterocycles. The van der Waals surface area contributed by atoms with Gasteiger partial charge in [0.2, 0.25) is 5.91 Å². The average Bonchev–Trinajstić information content (AvgIpc) is 2.78. The lowest BCUT2D eigenvalue weighted by Gasteiger charge is -2.32. The second-order valence-corrected chi connectivity index (χ2v) is 6.64. The summed E-state index contributed by atoms with van der Waals surface area (Å²) >= 11 is 0. The van der Waals surface area contributed by atoms with Gasteiger partial charge in [-0.1, -0.05) is 12.1 Å². The van der Waals surface area contributed by atoms with Crippen LogP contribution in [-0.4, -0.2) is 24.2 Å². The highest BCUT2D eigenvalue weighted by Gasteiger charge is 2.52. The number of hydrogen-bond acceptors (Lipinski definition) is 3. The minimum absolute atomic E-state index is 0.0343. The molecular formula is C15H20BNO3. The number of rotatable bonds is 1. The zero-order valence-electron chi connectivity index (χ0n) is 12.7. The van der Waals surface area contributed by atoms with Crippen molar-refractivity contribution in [2.45, 2.75) is 52.2 Å². The first kappa shape index (κ1) is 13.6. The Morgan fingerprint density at radius 2 is 1.75 bits per heavy atom. The van der Waals surface area contributed by atoms with E-state index in [9.17, 15) is 4.79 Å². The van der Waals surface area contributed by atoms with E-state index in [1.807, 2.05) is 46.8 Å². The SMILES string of the molecule is Cc1ccc(B2OC(C)(C)C(C)(C)O2)c2c1NC(=O)C2. The van der Waals surface area contributed by atoms with Crippen molar-refractivity contribution in [3.63, 3.8) is 0 Å². The molecule has 0 bridgehead atoms. The molecule has 2 aliphatic rings. The van der Waals surface area contributed by atoms with Gasteiger partial charge in [0.1, 0.15) is 0 Å².